The molecule has 276 valence electrons. The fourth-order valence-corrected chi connectivity index (χ4v) is 8.26. The van der Waals surface area contributed by atoms with Gasteiger partial charge in [-0.1, -0.05) is 44.2 Å². The number of benzene rings is 1. The molecule has 0 radical (unpaired) electrons. The third-order valence-corrected chi connectivity index (χ3v) is 11.2. The summed E-state index contributed by atoms with van der Waals surface area (Å²) in [6.07, 6.45) is 4.09. The van der Waals surface area contributed by atoms with Crippen molar-refractivity contribution in [2.75, 3.05) is 53.0 Å². The van der Waals surface area contributed by atoms with Crippen LogP contribution in [0.5, 0.6) is 0 Å². The SMILES string of the molecule is COCCN1CCC(C(=O)N2CCCNC(=O)c3csc(n3)[C@H](Cc3ccccc3)NC(=O)c3csc(n3)[C@H](CC(C)C)NC(=O)CCC2)CC1. The van der Waals surface area contributed by atoms with Crippen molar-refractivity contribution in [2.24, 2.45) is 11.8 Å². The second-order valence-electron chi connectivity index (χ2n) is 13.8. The summed E-state index contributed by atoms with van der Waals surface area (Å²) >= 11 is 2.69. The maximum atomic E-state index is 13.8. The van der Waals surface area contributed by atoms with E-state index in [1.807, 2.05) is 35.2 Å². The second-order valence-corrected chi connectivity index (χ2v) is 15.5. The largest absolute Gasteiger partial charge is 0.383 e. The molecule has 2 aliphatic heterocycles. The Kier molecular flexibility index (Phi) is 14.5. The van der Waals surface area contributed by atoms with Gasteiger partial charge in [-0.2, -0.15) is 0 Å². The summed E-state index contributed by atoms with van der Waals surface area (Å²) < 4.78 is 5.23. The van der Waals surface area contributed by atoms with E-state index in [4.69, 9.17) is 9.72 Å². The summed E-state index contributed by atoms with van der Waals surface area (Å²) in [6, 6.07) is 9.00. The van der Waals surface area contributed by atoms with E-state index in [9.17, 15) is 19.2 Å². The molecule has 3 N–H and O–H groups in total. The minimum Gasteiger partial charge on any atom is -0.383 e. The summed E-state index contributed by atoms with van der Waals surface area (Å²) in [6.45, 7) is 8.73. The van der Waals surface area contributed by atoms with Crippen molar-refractivity contribution in [2.45, 2.75) is 70.9 Å². The van der Waals surface area contributed by atoms with Crippen LogP contribution in [0, 0.1) is 11.8 Å². The molecule has 4 amide bonds. The third kappa shape index (κ3) is 11.4. The molecule has 0 saturated carbocycles. The monoisotopic (exact) mass is 737 g/mol. The summed E-state index contributed by atoms with van der Waals surface area (Å²) in [7, 11) is 1.70. The predicted molar refractivity (Wildman–Crippen MR) is 199 cm³/mol. The van der Waals surface area contributed by atoms with Crippen LogP contribution >= 0.6 is 22.7 Å². The average molecular weight is 738 g/mol. The van der Waals surface area contributed by atoms with Gasteiger partial charge in [0.25, 0.3) is 11.8 Å². The summed E-state index contributed by atoms with van der Waals surface area (Å²) in [5, 5.41) is 14.0. The van der Waals surface area contributed by atoms with Gasteiger partial charge in [0.2, 0.25) is 11.8 Å². The zero-order valence-corrected chi connectivity index (χ0v) is 31.5. The summed E-state index contributed by atoms with van der Waals surface area (Å²) in [5.74, 6) is -0.418. The zero-order valence-electron chi connectivity index (χ0n) is 29.9. The van der Waals surface area contributed by atoms with E-state index in [1.165, 1.54) is 22.7 Å². The van der Waals surface area contributed by atoms with Crippen LogP contribution in [-0.4, -0.2) is 96.4 Å². The Bertz CT molecular complexity index is 1590. The zero-order chi connectivity index (χ0) is 36.2. The predicted octanol–water partition coefficient (Wildman–Crippen LogP) is 4.62. The molecule has 4 bridgehead atoms. The lowest BCUT2D eigenvalue weighted by molar-refractivity contribution is -0.137. The lowest BCUT2D eigenvalue weighted by atomic mass is 9.95. The quantitative estimate of drug-likeness (QED) is 0.304. The van der Waals surface area contributed by atoms with Gasteiger partial charge in [-0.15, -0.1) is 22.7 Å². The number of nitrogens with zero attached hydrogens (tertiary/aromatic N) is 4. The molecule has 1 saturated heterocycles. The van der Waals surface area contributed by atoms with Crippen LogP contribution in [0.25, 0.3) is 0 Å². The number of nitrogens with one attached hydrogen (secondary N) is 3. The molecule has 4 heterocycles. The van der Waals surface area contributed by atoms with Gasteiger partial charge in [-0.25, -0.2) is 9.97 Å². The number of carbonyl (C=O) groups is 4. The van der Waals surface area contributed by atoms with Crippen LogP contribution in [0.3, 0.4) is 0 Å². The molecular formula is C37H51N7O5S2. The number of piperidine rings is 1. The fraction of sp³-hybridized carbons (Fsp3) is 0.568. The van der Waals surface area contributed by atoms with E-state index in [-0.39, 0.29) is 53.6 Å². The smallest absolute Gasteiger partial charge is 0.271 e. The first-order chi connectivity index (χ1) is 24.7. The molecule has 0 aliphatic carbocycles. The molecule has 5 rings (SSSR count). The van der Waals surface area contributed by atoms with Gasteiger partial charge in [-0.05, 0) is 63.1 Å². The van der Waals surface area contributed by atoms with Crippen molar-refractivity contribution in [3.8, 4) is 0 Å². The van der Waals surface area contributed by atoms with Crippen LogP contribution in [-0.2, 0) is 20.7 Å². The number of hydrogen-bond acceptors (Lipinski definition) is 10. The van der Waals surface area contributed by atoms with Crippen molar-refractivity contribution < 1.29 is 23.9 Å². The molecular weight excluding hydrogens is 687 g/mol. The van der Waals surface area contributed by atoms with Crippen molar-refractivity contribution in [1.82, 2.24) is 35.7 Å². The minimum atomic E-state index is -0.483. The van der Waals surface area contributed by atoms with Crippen LogP contribution in [0.4, 0.5) is 0 Å². The normalized spacial score (nSPS) is 20.7. The number of aromatic nitrogens is 2. The number of fused-ring (bicyclic) bond motifs is 4. The summed E-state index contributed by atoms with van der Waals surface area (Å²) in [5.41, 5.74) is 1.58. The van der Waals surface area contributed by atoms with Crippen LogP contribution in [0.15, 0.2) is 41.1 Å². The fourth-order valence-electron chi connectivity index (χ4n) is 6.55. The highest BCUT2D eigenvalue weighted by Crippen LogP contribution is 2.27. The van der Waals surface area contributed by atoms with Crippen LogP contribution < -0.4 is 16.0 Å². The first-order valence-corrected chi connectivity index (χ1v) is 19.8. The highest BCUT2D eigenvalue weighted by Gasteiger charge is 2.29. The number of ether oxygens (including phenoxy) is 1. The van der Waals surface area contributed by atoms with Gasteiger partial charge >= 0.3 is 0 Å². The van der Waals surface area contributed by atoms with Gasteiger partial charge in [0, 0.05) is 56.4 Å². The number of carbonyl (C=O) groups excluding carboxylic acids is 4. The number of amides is 4. The number of likely N-dealkylation sites (tertiary alicyclic amines) is 1. The number of methoxy groups -OCH3 is 1. The van der Waals surface area contributed by atoms with Crippen molar-refractivity contribution in [3.63, 3.8) is 0 Å². The molecule has 51 heavy (non-hydrogen) atoms. The van der Waals surface area contributed by atoms with Gasteiger partial charge in [0.1, 0.15) is 21.4 Å². The summed E-state index contributed by atoms with van der Waals surface area (Å²) in [4.78, 5) is 67.4. The van der Waals surface area contributed by atoms with E-state index >= 15 is 0 Å². The van der Waals surface area contributed by atoms with E-state index < -0.39 is 6.04 Å². The van der Waals surface area contributed by atoms with E-state index in [0.717, 1.165) is 38.0 Å². The van der Waals surface area contributed by atoms with E-state index in [1.54, 1.807) is 17.9 Å². The number of thiazole rings is 2. The van der Waals surface area contributed by atoms with Crippen molar-refractivity contribution >= 4 is 46.3 Å². The highest BCUT2D eigenvalue weighted by molar-refractivity contribution is 7.10. The third-order valence-electron chi connectivity index (χ3n) is 9.32. The van der Waals surface area contributed by atoms with Gasteiger partial charge in [0.15, 0.2) is 0 Å². The second kappa shape index (κ2) is 19.2. The molecule has 0 unspecified atom stereocenters. The first kappa shape index (κ1) is 38.5. The van der Waals surface area contributed by atoms with E-state index in [2.05, 4.69) is 39.7 Å². The van der Waals surface area contributed by atoms with Gasteiger partial charge in [-0.3, -0.25) is 19.2 Å². The Morgan fingerprint density at radius 1 is 0.902 bits per heavy atom. The van der Waals surface area contributed by atoms with Gasteiger partial charge in [0.05, 0.1) is 18.7 Å². The van der Waals surface area contributed by atoms with Crippen LogP contribution in [0.2, 0.25) is 0 Å². The lowest BCUT2D eigenvalue weighted by Gasteiger charge is -2.34. The Morgan fingerprint density at radius 3 is 2.25 bits per heavy atom. The maximum Gasteiger partial charge on any atom is 0.271 e. The minimum absolute atomic E-state index is 0.0650. The molecule has 2 atom stereocenters. The van der Waals surface area contributed by atoms with Crippen LogP contribution in [0.1, 0.15) is 101 Å². The molecule has 2 aromatic heterocycles. The highest BCUT2D eigenvalue weighted by atomic mass is 32.1. The standard InChI is InChI=1S/C37H51N7O5S2/c1-25(2)21-28-35-42-31(24-51-35)34(47)40-29(22-26-9-5-4-6-10-26)36-41-30(23-50-36)33(46)38-14-8-16-44(15-7-11-32(45)39-28)37(48)27-12-17-43(18-13-27)19-20-49-3/h4-6,9-10,23-25,27-29H,7-8,11-22H2,1-3H3,(H,38,46)(H,39,45)(H,40,47)/t28-,29-/m0/s1. The Balaban J connectivity index is 1.35. The number of rotatable bonds is 8. The molecule has 14 heteroatoms. The molecule has 0 spiro atoms. The Labute approximate surface area is 308 Å². The first-order valence-electron chi connectivity index (χ1n) is 18.0. The topological polar surface area (TPSA) is 146 Å². The molecule has 12 nitrogen and oxygen atoms in total. The average Bonchev–Trinajstić information content (AvgIpc) is 3.83. The van der Waals surface area contributed by atoms with Crippen molar-refractivity contribution in [3.05, 3.63) is 68.1 Å². The van der Waals surface area contributed by atoms with Crippen molar-refractivity contribution in [1.29, 1.82) is 0 Å². The number of hydrogen-bond donors (Lipinski definition) is 3. The maximum absolute atomic E-state index is 13.8. The molecule has 1 aromatic carbocycles. The molecule has 1 fully saturated rings. The Morgan fingerprint density at radius 2 is 1.57 bits per heavy atom. The molecule has 2 aliphatic rings. The lowest BCUT2D eigenvalue weighted by Crippen LogP contribution is -2.44. The Hall–Kier alpha value is -3.72. The van der Waals surface area contributed by atoms with Gasteiger partial charge < -0.3 is 30.5 Å². The molecule has 3 aromatic rings. The van der Waals surface area contributed by atoms with E-state index in [0.29, 0.717) is 67.6 Å².